The van der Waals surface area contributed by atoms with Gasteiger partial charge < -0.3 is 15.1 Å². The van der Waals surface area contributed by atoms with Crippen LogP contribution in [-0.4, -0.2) is 23.4 Å². The molecule has 2 N–H and O–H groups in total. The van der Waals surface area contributed by atoms with E-state index in [-0.39, 0.29) is 5.91 Å². The van der Waals surface area contributed by atoms with Gasteiger partial charge in [-0.1, -0.05) is 13.3 Å². The van der Waals surface area contributed by atoms with Crippen molar-refractivity contribution in [1.29, 1.82) is 0 Å². The molecule has 0 aromatic carbocycles. The molecule has 1 aliphatic carbocycles. The van der Waals surface area contributed by atoms with E-state index in [1.165, 1.54) is 0 Å². The normalized spacial score (nSPS) is 16.6. The molecule has 1 unspecified atom stereocenters. The van der Waals surface area contributed by atoms with Crippen LogP contribution in [0.2, 0.25) is 0 Å². The van der Waals surface area contributed by atoms with Gasteiger partial charge in [0.2, 0.25) is 5.91 Å². The fourth-order valence-corrected chi connectivity index (χ4v) is 2.14. The minimum absolute atomic E-state index is 0.214. The zero-order valence-corrected chi connectivity index (χ0v) is 11.0. The summed E-state index contributed by atoms with van der Waals surface area (Å²) >= 11 is 0. The van der Waals surface area contributed by atoms with E-state index < -0.39 is 0 Å². The summed E-state index contributed by atoms with van der Waals surface area (Å²) < 4.78 is 5.33. The van der Waals surface area contributed by atoms with Crippen LogP contribution in [0.15, 0.2) is 22.8 Å². The number of furan rings is 1. The van der Waals surface area contributed by atoms with Gasteiger partial charge in [0.15, 0.2) is 0 Å². The van der Waals surface area contributed by atoms with Gasteiger partial charge in [0, 0.05) is 12.5 Å². The second-order valence-corrected chi connectivity index (χ2v) is 5.05. The Labute approximate surface area is 108 Å². The average molecular weight is 250 g/mol. The molecule has 0 aliphatic heterocycles. The molecule has 1 aliphatic rings. The third kappa shape index (κ3) is 3.35. The molecular formula is C14H22N2O2. The second-order valence-electron chi connectivity index (χ2n) is 5.05. The molecular weight excluding hydrogens is 228 g/mol. The Morgan fingerprint density at radius 2 is 2.39 bits per heavy atom. The monoisotopic (exact) mass is 250 g/mol. The third-order valence-corrected chi connectivity index (χ3v) is 3.59. The number of nitrogens with zero attached hydrogens (tertiary/aromatic N) is 1. The van der Waals surface area contributed by atoms with E-state index in [2.05, 4.69) is 6.92 Å². The van der Waals surface area contributed by atoms with Gasteiger partial charge in [-0.05, 0) is 37.4 Å². The first kappa shape index (κ1) is 13.1. The van der Waals surface area contributed by atoms with Crippen molar-refractivity contribution in [1.82, 2.24) is 4.90 Å². The summed E-state index contributed by atoms with van der Waals surface area (Å²) in [5.41, 5.74) is 5.67. The minimum Gasteiger partial charge on any atom is -0.467 e. The van der Waals surface area contributed by atoms with Crippen molar-refractivity contribution in [2.75, 3.05) is 6.54 Å². The number of carbonyl (C=O) groups excluding carboxylic acids is 1. The lowest BCUT2D eigenvalue weighted by Gasteiger charge is -2.23. The first-order valence-corrected chi connectivity index (χ1v) is 6.76. The van der Waals surface area contributed by atoms with Crippen LogP contribution in [0.1, 0.15) is 38.4 Å². The van der Waals surface area contributed by atoms with Crippen molar-refractivity contribution in [3.8, 4) is 0 Å². The maximum absolute atomic E-state index is 12.3. The molecule has 0 radical (unpaired) electrons. The van der Waals surface area contributed by atoms with Crippen LogP contribution >= 0.6 is 0 Å². The fraction of sp³-hybridized carbons (Fsp3) is 0.643. The summed E-state index contributed by atoms with van der Waals surface area (Å²) in [5.74, 6) is 1.37. The van der Waals surface area contributed by atoms with Gasteiger partial charge in [0.1, 0.15) is 5.76 Å². The highest BCUT2D eigenvalue weighted by Crippen LogP contribution is 2.29. The lowest BCUT2D eigenvalue weighted by Crippen LogP contribution is -2.34. The summed E-state index contributed by atoms with van der Waals surface area (Å²) in [5, 5.41) is 0. The van der Waals surface area contributed by atoms with Crippen LogP contribution in [0, 0.1) is 5.92 Å². The van der Waals surface area contributed by atoms with Gasteiger partial charge in [-0.15, -0.1) is 0 Å². The Kier molecular flexibility index (Phi) is 4.42. The molecule has 18 heavy (non-hydrogen) atoms. The molecule has 1 atom stereocenters. The quantitative estimate of drug-likeness (QED) is 0.806. The van der Waals surface area contributed by atoms with E-state index in [1.54, 1.807) is 6.26 Å². The largest absolute Gasteiger partial charge is 0.467 e. The second kappa shape index (κ2) is 6.05. The van der Waals surface area contributed by atoms with Crippen molar-refractivity contribution in [3.63, 3.8) is 0 Å². The number of rotatable bonds is 7. The SMILES string of the molecule is CCC(CN)CC(=O)N(Cc1ccco1)C1CC1. The minimum atomic E-state index is 0.214. The highest BCUT2D eigenvalue weighted by molar-refractivity contribution is 5.77. The van der Waals surface area contributed by atoms with Crippen molar-refractivity contribution >= 4 is 5.91 Å². The first-order valence-electron chi connectivity index (χ1n) is 6.76. The standard InChI is InChI=1S/C14H22N2O2/c1-2-11(9-15)8-14(17)16(12-5-6-12)10-13-4-3-7-18-13/h3-4,7,11-12H,2,5-6,8-10,15H2,1H3. The summed E-state index contributed by atoms with van der Waals surface area (Å²) in [6.45, 7) is 3.26. The van der Waals surface area contributed by atoms with E-state index in [1.807, 2.05) is 17.0 Å². The molecule has 100 valence electrons. The van der Waals surface area contributed by atoms with Crippen LogP contribution in [0.3, 0.4) is 0 Å². The van der Waals surface area contributed by atoms with E-state index in [0.29, 0.717) is 31.5 Å². The highest BCUT2D eigenvalue weighted by atomic mass is 16.3. The number of hydrogen-bond donors (Lipinski definition) is 1. The summed E-state index contributed by atoms with van der Waals surface area (Å²) in [6.07, 6.45) is 5.41. The van der Waals surface area contributed by atoms with Gasteiger partial charge >= 0.3 is 0 Å². The van der Waals surface area contributed by atoms with Crippen molar-refractivity contribution in [2.45, 2.75) is 45.2 Å². The van der Waals surface area contributed by atoms with Crippen LogP contribution in [0.5, 0.6) is 0 Å². The van der Waals surface area contributed by atoms with Crippen molar-refractivity contribution < 1.29 is 9.21 Å². The smallest absolute Gasteiger partial charge is 0.223 e. The van der Waals surface area contributed by atoms with Gasteiger partial charge in [0.05, 0.1) is 12.8 Å². The maximum atomic E-state index is 12.3. The van der Waals surface area contributed by atoms with E-state index in [4.69, 9.17) is 10.2 Å². The lowest BCUT2D eigenvalue weighted by molar-refractivity contribution is -0.133. The number of hydrogen-bond acceptors (Lipinski definition) is 3. The zero-order valence-electron chi connectivity index (χ0n) is 11.0. The molecule has 2 rings (SSSR count). The molecule has 1 heterocycles. The topological polar surface area (TPSA) is 59.5 Å². The molecule has 0 spiro atoms. The molecule has 0 saturated heterocycles. The molecule has 4 nitrogen and oxygen atoms in total. The Balaban J connectivity index is 1.94. The van der Waals surface area contributed by atoms with Crippen LogP contribution < -0.4 is 5.73 Å². The summed E-state index contributed by atoms with van der Waals surface area (Å²) in [7, 11) is 0. The van der Waals surface area contributed by atoms with Crippen molar-refractivity contribution in [3.05, 3.63) is 24.2 Å². The van der Waals surface area contributed by atoms with Gasteiger partial charge in [0.25, 0.3) is 0 Å². The predicted molar refractivity (Wildman–Crippen MR) is 69.7 cm³/mol. The first-order chi connectivity index (χ1) is 8.74. The van der Waals surface area contributed by atoms with E-state index in [9.17, 15) is 4.79 Å². The molecule has 1 saturated carbocycles. The Morgan fingerprint density at radius 1 is 1.61 bits per heavy atom. The molecule has 0 bridgehead atoms. The van der Waals surface area contributed by atoms with Crippen molar-refractivity contribution in [2.24, 2.45) is 11.7 Å². The molecule has 1 aromatic heterocycles. The number of amides is 1. The van der Waals surface area contributed by atoms with E-state index >= 15 is 0 Å². The fourth-order valence-electron chi connectivity index (χ4n) is 2.14. The predicted octanol–water partition coefficient (Wildman–Crippen LogP) is 2.15. The lowest BCUT2D eigenvalue weighted by atomic mass is 10.0. The van der Waals surface area contributed by atoms with E-state index in [0.717, 1.165) is 25.0 Å². The third-order valence-electron chi connectivity index (χ3n) is 3.59. The molecule has 1 aromatic rings. The van der Waals surface area contributed by atoms with Crippen LogP contribution in [-0.2, 0) is 11.3 Å². The molecule has 1 fully saturated rings. The van der Waals surface area contributed by atoms with Gasteiger partial charge in [-0.25, -0.2) is 0 Å². The zero-order chi connectivity index (χ0) is 13.0. The van der Waals surface area contributed by atoms with Gasteiger partial charge in [-0.3, -0.25) is 4.79 Å². The number of carbonyl (C=O) groups is 1. The Morgan fingerprint density at radius 3 is 2.89 bits per heavy atom. The average Bonchev–Trinajstić information content (AvgIpc) is 3.09. The Hall–Kier alpha value is -1.29. The maximum Gasteiger partial charge on any atom is 0.223 e. The van der Waals surface area contributed by atoms with Crippen LogP contribution in [0.25, 0.3) is 0 Å². The molecule has 1 amide bonds. The molecule has 4 heteroatoms. The van der Waals surface area contributed by atoms with Crippen LogP contribution in [0.4, 0.5) is 0 Å². The summed E-state index contributed by atoms with van der Waals surface area (Å²) in [6, 6.07) is 4.19. The van der Waals surface area contributed by atoms with Gasteiger partial charge in [-0.2, -0.15) is 0 Å². The highest BCUT2D eigenvalue weighted by Gasteiger charge is 2.33. The Bertz CT molecular complexity index is 367. The summed E-state index contributed by atoms with van der Waals surface area (Å²) in [4.78, 5) is 14.3. The number of nitrogens with two attached hydrogens (primary N) is 1.